The molecule has 0 aliphatic heterocycles. The van der Waals surface area contributed by atoms with Gasteiger partial charge in [-0.25, -0.2) is 8.78 Å². The number of hydrogen-bond acceptors (Lipinski definition) is 1. The van der Waals surface area contributed by atoms with Gasteiger partial charge in [0.1, 0.15) is 24.0 Å². The number of fused-ring (bicyclic) bond motifs is 1. The van der Waals surface area contributed by atoms with Crippen LogP contribution in [0.5, 0.6) is 5.75 Å². The Kier molecular flexibility index (Phi) is 6.68. The lowest BCUT2D eigenvalue weighted by Gasteiger charge is -2.11. The Bertz CT molecular complexity index is 1320. The molecular weight excluding hydrogens is 447 g/mol. The van der Waals surface area contributed by atoms with E-state index in [0.717, 1.165) is 12.1 Å². The highest BCUT2D eigenvalue weighted by molar-refractivity contribution is 5.88. The van der Waals surface area contributed by atoms with Crippen LogP contribution in [0.1, 0.15) is 16.7 Å². The van der Waals surface area contributed by atoms with Gasteiger partial charge in [0.25, 0.3) is 0 Å². The first-order chi connectivity index (χ1) is 16.3. The molecule has 0 N–H and O–H groups in total. The molecule has 0 saturated carbocycles. The first-order valence-electron chi connectivity index (χ1n) is 10.7. The van der Waals surface area contributed by atoms with Crippen LogP contribution in [-0.4, -0.2) is 6.61 Å². The second-order valence-electron chi connectivity index (χ2n) is 7.91. The van der Waals surface area contributed by atoms with E-state index in [-0.39, 0.29) is 12.4 Å². The number of hydrogen-bond donors (Lipinski definition) is 0. The summed E-state index contributed by atoms with van der Waals surface area (Å²) in [6, 6.07) is 17.9. The van der Waals surface area contributed by atoms with Crippen molar-refractivity contribution >= 4 is 10.8 Å². The highest BCUT2D eigenvalue weighted by Gasteiger charge is 2.29. The Morgan fingerprint density at radius 2 is 1.59 bits per heavy atom. The molecule has 0 saturated heterocycles. The van der Waals surface area contributed by atoms with Crippen LogP contribution in [0.3, 0.4) is 0 Å². The molecule has 0 spiro atoms. The minimum Gasteiger partial charge on any atom is -0.489 e. The standard InChI is InChI=1S/C28H21F5O/c1-2-15-34-23-12-14-24(26(29)17-23)20-9-13-25-21(16-20)8-7-19(27(25)30)6-3-18-4-10-22(11-5-18)28(31,32)33/h2,4-5,7-14,16-17H,1,3,6,15H2. The summed E-state index contributed by atoms with van der Waals surface area (Å²) in [5.41, 5.74) is 1.44. The molecule has 0 fully saturated rings. The molecule has 0 amide bonds. The van der Waals surface area contributed by atoms with E-state index in [0.29, 0.717) is 51.6 Å². The molecule has 34 heavy (non-hydrogen) atoms. The zero-order valence-corrected chi connectivity index (χ0v) is 18.1. The number of alkyl halides is 3. The van der Waals surface area contributed by atoms with Crippen molar-refractivity contribution in [3.05, 3.63) is 114 Å². The highest BCUT2D eigenvalue weighted by Crippen LogP contribution is 2.32. The maximum atomic E-state index is 15.1. The second kappa shape index (κ2) is 9.67. The topological polar surface area (TPSA) is 9.23 Å². The maximum absolute atomic E-state index is 15.1. The molecule has 0 aromatic heterocycles. The Morgan fingerprint density at radius 3 is 2.26 bits per heavy atom. The first-order valence-corrected chi connectivity index (χ1v) is 10.7. The summed E-state index contributed by atoms with van der Waals surface area (Å²) in [5, 5.41) is 1.03. The van der Waals surface area contributed by atoms with Crippen LogP contribution in [-0.2, 0) is 19.0 Å². The molecule has 0 aliphatic carbocycles. The van der Waals surface area contributed by atoms with Gasteiger partial charge in [-0.3, -0.25) is 0 Å². The minimum absolute atomic E-state index is 0.273. The third-order valence-corrected chi connectivity index (χ3v) is 5.62. The van der Waals surface area contributed by atoms with Crippen molar-refractivity contribution in [3.63, 3.8) is 0 Å². The van der Waals surface area contributed by atoms with E-state index in [1.54, 1.807) is 48.5 Å². The van der Waals surface area contributed by atoms with Crippen molar-refractivity contribution < 1.29 is 26.7 Å². The predicted molar refractivity (Wildman–Crippen MR) is 124 cm³/mol. The number of ether oxygens (including phenoxy) is 1. The van der Waals surface area contributed by atoms with Crippen molar-refractivity contribution in [2.24, 2.45) is 0 Å². The van der Waals surface area contributed by atoms with Gasteiger partial charge in [0.05, 0.1) is 5.56 Å². The fourth-order valence-electron chi connectivity index (χ4n) is 3.81. The van der Waals surface area contributed by atoms with Gasteiger partial charge < -0.3 is 4.74 Å². The molecule has 4 rings (SSSR count). The summed E-state index contributed by atoms with van der Waals surface area (Å²) in [6.45, 7) is 3.83. The minimum atomic E-state index is -4.38. The molecule has 0 unspecified atom stereocenters. The van der Waals surface area contributed by atoms with E-state index in [2.05, 4.69) is 6.58 Å². The van der Waals surface area contributed by atoms with Gasteiger partial charge in [-0.05, 0) is 65.3 Å². The van der Waals surface area contributed by atoms with Crippen LogP contribution in [0.15, 0.2) is 85.5 Å². The monoisotopic (exact) mass is 468 g/mol. The van der Waals surface area contributed by atoms with Crippen molar-refractivity contribution in [2.45, 2.75) is 19.0 Å². The zero-order chi connectivity index (χ0) is 24.3. The SMILES string of the molecule is C=CCOc1ccc(-c2ccc3c(F)c(CCc4ccc(C(F)(F)F)cc4)ccc3c2)c(F)c1. The highest BCUT2D eigenvalue weighted by atomic mass is 19.4. The van der Waals surface area contributed by atoms with Gasteiger partial charge in [-0.2, -0.15) is 13.2 Å². The van der Waals surface area contributed by atoms with E-state index < -0.39 is 17.6 Å². The van der Waals surface area contributed by atoms with Gasteiger partial charge in [0, 0.05) is 17.0 Å². The summed E-state index contributed by atoms with van der Waals surface area (Å²) in [4.78, 5) is 0. The van der Waals surface area contributed by atoms with Gasteiger partial charge in [0.2, 0.25) is 0 Å². The predicted octanol–water partition coefficient (Wildman–Crippen LogP) is 8.15. The van der Waals surface area contributed by atoms with Crippen molar-refractivity contribution in [2.75, 3.05) is 6.61 Å². The molecule has 0 aliphatic rings. The van der Waals surface area contributed by atoms with Crippen molar-refractivity contribution in [1.82, 2.24) is 0 Å². The van der Waals surface area contributed by atoms with Crippen LogP contribution in [0.4, 0.5) is 22.0 Å². The molecule has 6 heteroatoms. The molecule has 0 heterocycles. The molecule has 4 aromatic carbocycles. The molecule has 0 radical (unpaired) electrons. The Labute approximate surface area is 194 Å². The lowest BCUT2D eigenvalue weighted by molar-refractivity contribution is -0.137. The average molecular weight is 468 g/mol. The van der Waals surface area contributed by atoms with Crippen LogP contribution < -0.4 is 4.74 Å². The van der Waals surface area contributed by atoms with Gasteiger partial charge in [-0.1, -0.05) is 49.1 Å². The second-order valence-corrected chi connectivity index (χ2v) is 7.91. The fraction of sp³-hybridized carbons (Fsp3) is 0.143. The van der Waals surface area contributed by atoms with E-state index >= 15 is 4.39 Å². The summed E-state index contributed by atoms with van der Waals surface area (Å²) in [7, 11) is 0. The van der Waals surface area contributed by atoms with E-state index in [1.165, 1.54) is 18.2 Å². The van der Waals surface area contributed by atoms with Gasteiger partial charge in [-0.15, -0.1) is 0 Å². The summed E-state index contributed by atoms with van der Waals surface area (Å²) < 4.78 is 73.2. The summed E-state index contributed by atoms with van der Waals surface area (Å²) in [6.07, 6.45) is -2.06. The van der Waals surface area contributed by atoms with Gasteiger partial charge >= 0.3 is 6.18 Å². The maximum Gasteiger partial charge on any atom is 0.416 e. The van der Waals surface area contributed by atoms with Crippen LogP contribution in [0, 0.1) is 11.6 Å². The molecular formula is C28H21F5O. The molecule has 0 atom stereocenters. The van der Waals surface area contributed by atoms with Crippen LogP contribution in [0.2, 0.25) is 0 Å². The lowest BCUT2D eigenvalue weighted by Crippen LogP contribution is -2.04. The van der Waals surface area contributed by atoms with Crippen LogP contribution in [0.25, 0.3) is 21.9 Å². The third-order valence-electron chi connectivity index (χ3n) is 5.62. The fourth-order valence-corrected chi connectivity index (χ4v) is 3.81. The van der Waals surface area contributed by atoms with Gasteiger partial charge in [0.15, 0.2) is 0 Å². The number of aryl methyl sites for hydroxylation is 2. The zero-order valence-electron chi connectivity index (χ0n) is 18.1. The van der Waals surface area contributed by atoms with E-state index in [1.807, 2.05) is 0 Å². The Balaban J connectivity index is 1.53. The third kappa shape index (κ3) is 5.11. The lowest BCUT2D eigenvalue weighted by atomic mass is 9.97. The number of halogens is 5. The number of benzene rings is 4. The Morgan fingerprint density at radius 1 is 0.824 bits per heavy atom. The molecule has 4 aromatic rings. The normalized spacial score (nSPS) is 11.6. The smallest absolute Gasteiger partial charge is 0.416 e. The van der Waals surface area contributed by atoms with Crippen LogP contribution >= 0.6 is 0 Å². The van der Waals surface area contributed by atoms with E-state index in [4.69, 9.17) is 4.74 Å². The quantitative estimate of drug-likeness (QED) is 0.196. The van der Waals surface area contributed by atoms with Crippen molar-refractivity contribution in [3.8, 4) is 16.9 Å². The number of rotatable bonds is 7. The molecule has 1 nitrogen and oxygen atoms in total. The summed E-state index contributed by atoms with van der Waals surface area (Å²) in [5.74, 6) is -0.440. The van der Waals surface area contributed by atoms with E-state index in [9.17, 15) is 17.6 Å². The molecule has 174 valence electrons. The average Bonchev–Trinajstić information content (AvgIpc) is 2.82. The molecule has 0 bridgehead atoms. The van der Waals surface area contributed by atoms with Crippen molar-refractivity contribution in [1.29, 1.82) is 0 Å². The largest absolute Gasteiger partial charge is 0.489 e. The first kappa shape index (κ1) is 23.5. The Hall–Kier alpha value is -3.67. The summed E-state index contributed by atoms with van der Waals surface area (Å²) >= 11 is 0.